The molecule has 7 nitrogen and oxygen atoms in total. The van der Waals surface area contributed by atoms with Crippen molar-refractivity contribution in [1.29, 1.82) is 0 Å². The van der Waals surface area contributed by atoms with E-state index in [1.807, 2.05) is 17.6 Å². The number of halogens is 1. The van der Waals surface area contributed by atoms with Gasteiger partial charge in [0.05, 0.1) is 18.2 Å². The van der Waals surface area contributed by atoms with Gasteiger partial charge >= 0.3 is 5.97 Å². The smallest absolute Gasteiger partial charge is 0.343 e. The summed E-state index contributed by atoms with van der Waals surface area (Å²) in [5, 5.41) is 4.28. The number of aryl methyl sites for hydroxylation is 2. The third-order valence-electron chi connectivity index (χ3n) is 7.23. The van der Waals surface area contributed by atoms with Crippen LogP contribution in [0.4, 0.5) is 4.39 Å². The van der Waals surface area contributed by atoms with E-state index in [1.165, 1.54) is 17.4 Å². The van der Waals surface area contributed by atoms with E-state index in [0.29, 0.717) is 16.6 Å². The molecule has 1 unspecified atom stereocenters. The fourth-order valence-electron chi connectivity index (χ4n) is 5.18. The zero-order valence-electron chi connectivity index (χ0n) is 20.2. The molecule has 2 aliphatic carbocycles. The molecule has 1 atom stereocenters. The number of nitrogens with zero attached hydrogens (tertiary/aromatic N) is 4. The van der Waals surface area contributed by atoms with Crippen LogP contribution in [0.2, 0.25) is 0 Å². The van der Waals surface area contributed by atoms with Crippen molar-refractivity contribution in [2.24, 2.45) is 10.5 Å². The summed E-state index contributed by atoms with van der Waals surface area (Å²) in [5.41, 5.74) is 11.2. The first kappa shape index (κ1) is 23.6. The Balaban J connectivity index is 1.74. The fraction of sp³-hybridized carbons (Fsp3) is 0.462. The zero-order valence-corrected chi connectivity index (χ0v) is 21.0. The van der Waals surface area contributed by atoms with Crippen molar-refractivity contribution in [3.8, 4) is 10.4 Å². The highest BCUT2D eigenvalue weighted by atomic mass is 32.1. The van der Waals surface area contributed by atoms with Crippen LogP contribution in [0.1, 0.15) is 78.5 Å². The number of hydrogen-bond acceptors (Lipinski definition) is 5. The van der Waals surface area contributed by atoms with E-state index in [4.69, 9.17) is 10.3 Å². The minimum absolute atomic E-state index is 0.0659. The molecule has 2 aromatic heterocycles. The summed E-state index contributed by atoms with van der Waals surface area (Å²) >= 11 is 1.46. The molecule has 0 saturated heterocycles. The summed E-state index contributed by atoms with van der Waals surface area (Å²) in [6, 6.07) is 3.11. The number of carbonyl (C=O) groups is 1. The van der Waals surface area contributed by atoms with Gasteiger partial charge in [0.2, 0.25) is 5.43 Å². The lowest BCUT2D eigenvalue weighted by Gasteiger charge is -2.35. The number of ether oxygens (including phenoxy) is 1. The van der Waals surface area contributed by atoms with Gasteiger partial charge in [-0.1, -0.05) is 19.0 Å². The van der Waals surface area contributed by atoms with Gasteiger partial charge in [-0.2, -0.15) is 0 Å². The lowest BCUT2D eigenvalue weighted by molar-refractivity contribution is 0.0524. The summed E-state index contributed by atoms with van der Waals surface area (Å²) in [7, 11) is 0. The van der Waals surface area contributed by atoms with Gasteiger partial charge in [-0.15, -0.1) is 11.3 Å². The first-order valence-corrected chi connectivity index (χ1v) is 12.7. The number of esters is 1. The molecule has 35 heavy (non-hydrogen) atoms. The Kier molecular flexibility index (Phi) is 5.73. The van der Waals surface area contributed by atoms with Crippen LogP contribution in [-0.4, -0.2) is 17.1 Å². The van der Waals surface area contributed by atoms with Crippen molar-refractivity contribution < 1.29 is 13.9 Å². The summed E-state index contributed by atoms with van der Waals surface area (Å²) in [6.45, 7) is 7.85. The third-order valence-corrected chi connectivity index (χ3v) is 8.48. The molecule has 1 fully saturated rings. The summed E-state index contributed by atoms with van der Waals surface area (Å²) in [4.78, 5) is 30.5. The maximum Gasteiger partial charge on any atom is 0.343 e. The molecule has 0 amide bonds. The molecule has 2 heterocycles. The van der Waals surface area contributed by atoms with Gasteiger partial charge in [0.1, 0.15) is 11.4 Å². The van der Waals surface area contributed by atoms with E-state index >= 15 is 4.39 Å². The van der Waals surface area contributed by atoms with Crippen molar-refractivity contribution in [2.75, 3.05) is 6.61 Å². The molecule has 0 bridgehead atoms. The molecule has 0 aliphatic heterocycles. The highest BCUT2D eigenvalue weighted by Gasteiger charge is 2.37. The SMILES string of the molecule is CCOC(=O)c1cn(C2CC2)c2c(C)c(-c3cc4c(s3)C(N=[N+]=[N-])C(C)(C)CC4)c(F)cc2c1=O. The Morgan fingerprint density at radius 1 is 1.37 bits per heavy atom. The number of rotatable bonds is 5. The number of thiophene rings is 1. The van der Waals surface area contributed by atoms with Crippen LogP contribution in [0.3, 0.4) is 0 Å². The van der Waals surface area contributed by atoms with Gasteiger partial charge in [-0.3, -0.25) is 4.79 Å². The number of carbonyl (C=O) groups excluding carboxylic acids is 1. The van der Waals surface area contributed by atoms with Crippen molar-refractivity contribution in [3.63, 3.8) is 0 Å². The minimum atomic E-state index is -0.687. The fourth-order valence-corrected chi connectivity index (χ4v) is 6.74. The second-order valence-corrected chi connectivity index (χ2v) is 11.2. The standard InChI is InChI=1S/C26H27FN4O3S/c1-5-34-25(33)17-12-31(15-6-7-15)21-13(2)20(18(27)11-16(21)22(17)32)19-10-14-8-9-26(3,4)24(29-30-28)23(14)35-19/h10-12,15,24H,5-9H2,1-4H3. The highest BCUT2D eigenvalue weighted by Crippen LogP contribution is 2.51. The number of azide groups is 1. The molecular weight excluding hydrogens is 467 g/mol. The van der Waals surface area contributed by atoms with Crippen molar-refractivity contribution >= 4 is 28.2 Å². The van der Waals surface area contributed by atoms with Gasteiger partial charge < -0.3 is 9.30 Å². The van der Waals surface area contributed by atoms with Crippen molar-refractivity contribution in [1.82, 2.24) is 4.57 Å². The molecule has 0 spiro atoms. The summed E-state index contributed by atoms with van der Waals surface area (Å²) in [6.07, 6.45) is 5.15. The predicted molar refractivity (Wildman–Crippen MR) is 134 cm³/mol. The van der Waals surface area contributed by atoms with Gasteiger partial charge in [0.15, 0.2) is 0 Å². The second-order valence-electron chi connectivity index (χ2n) is 10.1. The molecule has 9 heteroatoms. The maximum absolute atomic E-state index is 15.7. The first-order chi connectivity index (χ1) is 16.7. The third kappa shape index (κ3) is 3.83. The van der Waals surface area contributed by atoms with Crippen LogP contribution in [0.25, 0.3) is 31.8 Å². The Morgan fingerprint density at radius 3 is 2.77 bits per heavy atom. The molecule has 1 aromatic carbocycles. The molecule has 182 valence electrons. The average Bonchev–Trinajstić information content (AvgIpc) is 3.56. The lowest BCUT2D eigenvalue weighted by Crippen LogP contribution is -2.25. The molecule has 0 radical (unpaired) electrons. The first-order valence-electron chi connectivity index (χ1n) is 11.9. The predicted octanol–water partition coefficient (Wildman–Crippen LogP) is 7.01. The van der Waals surface area contributed by atoms with Crippen LogP contribution in [-0.2, 0) is 11.2 Å². The number of aromatic nitrogens is 1. The minimum Gasteiger partial charge on any atom is -0.462 e. The van der Waals surface area contributed by atoms with Gasteiger partial charge in [-0.25, -0.2) is 9.18 Å². The lowest BCUT2D eigenvalue weighted by atomic mass is 9.74. The van der Waals surface area contributed by atoms with Crippen LogP contribution in [0.15, 0.2) is 28.2 Å². The van der Waals surface area contributed by atoms with E-state index in [1.54, 1.807) is 13.1 Å². The Morgan fingerprint density at radius 2 is 2.11 bits per heavy atom. The second kappa shape index (κ2) is 8.50. The van der Waals surface area contributed by atoms with Crippen LogP contribution < -0.4 is 5.43 Å². The average molecular weight is 495 g/mol. The Hall–Kier alpha value is -3.16. The number of benzene rings is 1. The van der Waals surface area contributed by atoms with Gasteiger partial charge in [0, 0.05) is 37.9 Å². The number of hydrogen-bond donors (Lipinski definition) is 0. The monoisotopic (exact) mass is 494 g/mol. The molecule has 1 saturated carbocycles. The molecular formula is C26H27FN4O3S. The summed E-state index contributed by atoms with van der Waals surface area (Å²) in [5.74, 6) is -1.19. The normalized spacial score (nSPS) is 18.7. The van der Waals surface area contributed by atoms with Crippen molar-refractivity contribution in [3.05, 3.63) is 66.4 Å². The van der Waals surface area contributed by atoms with E-state index in [9.17, 15) is 9.59 Å². The topological polar surface area (TPSA) is 97.1 Å². The quantitative estimate of drug-likeness (QED) is 0.165. The molecule has 2 aliphatic rings. The highest BCUT2D eigenvalue weighted by molar-refractivity contribution is 7.15. The number of pyridine rings is 1. The van der Waals surface area contributed by atoms with Crippen molar-refractivity contribution in [2.45, 2.75) is 65.5 Å². The Bertz CT molecular complexity index is 1480. The molecule has 0 N–H and O–H groups in total. The van der Waals surface area contributed by atoms with E-state index in [-0.39, 0.29) is 35.1 Å². The maximum atomic E-state index is 15.7. The summed E-state index contributed by atoms with van der Waals surface area (Å²) < 4.78 is 22.7. The largest absolute Gasteiger partial charge is 0.462 e. The molecule has 3 aromatic rings. The van der Waals surface area contributed by atoms with Crippen LogP contribution in [0.5, 0.6) is 0 Å². The molecule has 5 rings (SSSR count). The zero-order chi connectivity index (χ0) is 25.1. The van der Waals surface area contributed by atoms with E-state index in [2.05, 4.69) is 23.9 Å². The van der Waals surface area contributed by atoms with E-state index in [0.717, 1.165) is 41.0 Å². The van der Waals surface area contributed by atoms with Gasteiger partial charge in [0.25, 0.3) is 0 Å². The van der Waals surface area contributed by atoms with Crippen LogP contribution in [0, 0.1) is 18.2 Å². The van der Waals surface area contributed by atoms with E-state index < -0.39 is 17.2 Å². The van der Waals surface area contributed by atoms with Crippen LogP contribution >= 0.6 is 11.3 Å². The van der Waals surface area contributed by atoms with Gasteiger partial charge in [-0.05, 0) is 73.7 Å². The number of fused-ring (bicyclic) bond motifs is 2. The Labute approximate surface area is 206 Å².